The third kappa shape index (κ3) is 5.10. The number of nitrogens with zero attached hydrogens (tertiary/aromatic N) is 3. The second-order valence-electron chi connectivity index (χ2n) is 8.76. The van der Waals surface area contributed by atoms with Gasteiger partial charge in [0.2, 0.25) is 0 Å². The van der Waals surface area contributed by atoms with E-state index in [2.05, 4.69) is 17.2 Å². The van der Waals surface area contributed by atoms with Crippen molar-refractivity contribution in [2.24, 2.45) is 5.92 Å². The molecule has 0 aliphatic carbocycles. The van der Waals surface area contributed by atoms with Gasteiger partial charge in [-0.1, -0.05) is 18.1 Å². The van der Waals surface area contributed by atoms with Gasteiger partial charge in [-0.15, -0.1) is 0 Å². The van der Waals surface area contributed by atoms with Crippen LogP contribution in [0.25, 0.3) is 0 Å². The maximum Gasteiger partial charge on any atom is 0.325 e. The highest BCUT2D eigenvalue weighted by Gasteiger charge is 2.55. The minimum absolute atomic E-state index is 0.167. The fourth-order valence-corrected chi connectivity index (χ4v) is 4.66. The zero-order valence-electron chi connectivity index (χ0n) is 19.0. The fraction of sp³-hybridized carbons (Fsp3) is 0.542. The van der Waals surface area contributed by atoms with E-state index in [1.54, 1.807) is 24.0 Å². The summed E-state index contributed by atoms with van der Waals surface area (Å²) in [6, 6.07) is 5.75. The van der Waals surface area contributed by atoms with E-state index in [9.17, 15) is 18.8 Å². The summed E-state index contributed by atoms with van der Waals surface area (Å²) in [7, 11) is 3.89. The van der Waals surface area contributed by atoms with Gasteiger partial charge < -0.3 is 15.1 Å². The van der Waals surface area contributed by atoms with Crippen LogP contribution in [0.15, 0.2) is 24.3 Å². The average molecular weight is 443 g/mol. The minimum atomic E-state index is -1.14. The van der Waals surface area contributed by atoms with E-state index < -0.39 is 11.6 Å². The molecule has 1 atom stereocenters. The fourth-order valence-electron chi connectivity index (χ4n) is 4.66. The van der Waals surface area contributed by atoms with Crippen LogP contribution in [-0.4, -0.2) is 78.4 Å². The summed E-state index contributed by atoms with van der Waals surface area (Å²) in [6.45, 7) is 3.64. The Morgan fingerprint density at radius 2 is 2.00 bits per heavy atom. The van der Waals surface area contributed by atoms with Gasteiger partial charge in [-0.3, -0.25) is 14.5 Å². The van der Waals surface area contributed by atoms with Gasteiger partial charge in [0.1, 0.15) is 11.4 Å². The quantitative estimate of drug-likeness (QED) is 0.517. The molecular formula is C24H31FN4O3. The number of hydrogen-bond acceptors (Lipinski definition) is 4. The van der Waals surface area contributed by atoms with Gasteiger partial charge in [0.25, 0.3) is 11.8 Å². The second-order valence-corrected chi connectivity index (χ2v) is 8.76. The highest BCUT2D eigenvalue weighted by Crippen LogP contribution is 2.36. The summed E-state index contributed by atoms with van der Waals surface area (Å²) < 4.78 is 13.9. The number of likely N-dealkylation sites (tertiary alicyclic amines) is 1. The van der Waals surface area contributed by atoms with Gasteiger partial charge in [-0.25, -0.2) is 9.18 Å². The highest BCUT2D eigenvalue weighted by atomic mass is 19.1. The van der Waals surface area contributed by atoms with Crippen LogP contribution in [0.4, 0.5) is 9.18 Å². The van der Waals surface area contributed by atoms with Crippen LogP contribution in [0.2, 0.25) is 0 Å². The maximum absolute atomic E-state index is 13.9. The molecule has 2 fully saturated rings. The molecule has 2 heterocycles. The molecule has 0 radical (unpaired) electrons. The molecule has 7 nitrogen and oxygen atoms in total. The van der Waals surface area contributed by atoms with Crippen molar-refractivity contribution in [1.29, 1.82) is 0 Å². The monoisotopic (exact) mass is 442 g/mol. The first-order valence-corrected chi connectivity index (χ1v) is 11.0. The Bertz CT molecular complexity index is 931. The molecule has 0 aromatic heterocycles. The summed E-state index contributed by atoms with van der Waals surface area (Å²) >= 11 is 0. The van der Waals surface area contributed by atoms with E-state index in [4.69, 9.17) is 0 Å². The number of nitrogens with one attached hydrogen (secondary N) is 1. The molecule has 0 saturated carbocycles. The van der Waals surface area contributed by atoms with Crippen LogP contribution < -0.4 is 5.32 Å². The molecule has 0 spiro atoms. The third-order valence-corrected chi connectivity index (χ3v) is 6.27. The summed E-state index contributed by atoms with van der Waals surface area (Å²) in [5.74, 6) is 4.15. The molecular weight excluding hydrogens is 411 g/mol. The Kier molecular flexibility index (Phi) is 7.52. The zero-order valence-corrected chi connectivity index (χ0v) is 19.0. The van der Waals surface area contributed by atoms with Crippen LogP contribution in [0, 0.1) is 23.6 Å². The van der Waals surface area contributed by atoms with E-state index >= 15 is 0 Å². The Labute approximate surface area is 188 Å². The van der Waals surface area contributed by atoms with E-state index in [1.165, 1.54) is 17.0 Å². The van der Waals surface area contributed by atoms with E-state index in [-0.39, 0.29) is 30.0 Å². The van der Waals surface area contributed by atoms with Crippen LogP contribution in [-0.2, 0) is 16.0 Å². The Balaban J connectivity index is 1.84. The molecule has 1 aromatic rings. The number of carbonyl (C=O) groups is 3. The lowest BCUT2D eigenvalue weighted by Gasteiger charge is -2.40. The van der Waals surface area contributed by atoms with Crippen molar-refractivity contribution in [2.75, 3.05) is 40.3 Å². The van der Waals surface area contributed by atoms with Crippen molar-refractivity contribution in [1.82, 2.24) is 20.0 Å². The maximum atomic E-state index is 13.9. The topological polar surface area (TPSA) is 73.0 Å². The lowest BCUT2D eigenvalue weighted by Crippen LogP contribution is -2.58. The van der Waals surface area contributed by atoms with Crippen molar-refractivity contribution in [3.05, 3.63) is 35.6 Å². The van der Waals surface area contributed by atoms with Crippen molar-refractivity contribution in [2.45, 2.75) is 38.1 Å². The predicted octanol–water partition coefficient (Wildman–Crippen LogP) is 1.87. The first-order chi connectivity index (χ1) is 15.3. The predicted molar refractivity (Wildman–Crippen MR) is 119 cm³/mol. The van der Waals surface area contributed by atoms with Gasteiger partial charge in [-0.2, -0.15) is 0 Å². The number of hydrogen-bond donors (Lipinski definition) is 1. The van der Waals surface area contributed by atoms with Crippen molar-refractivity contribution >= 4 is 17.8 Å². The Hall–Kier alpha value is -2.92. The largest absolute Gasteiger partial charge is 0.332 e. The molecule has 3 rings (SSSR count). The number of rotatable bonds is 7. The zero-order chi connectivity index (χ0) is 23.3. The Morgan fingerprint density at radius 3 is 2.62 bits per heavy atom. The molecule has 1 N–H and O–H groups in total. The molecule has 1 unspecified atom stereocenters. The molecule has 1 aromatic carbocycles. The van der Waals surface area contributed by atoms with Crippen molar-refractivity contribution < 1.29 is 18.8 Å². The van der Waals surface area contributed by atoms with Gasteiger partial charge >= 0.3 is 6.03 Å². The number of urea groups is 1. The van der Waals surface area contributed by atoms with E-state index in [1.807, 2.05) is 19.0 Å². The first kappa shape index (κ1) is 23.7. The number of benzene rings is 1. The molecule has 4 amide bonds. The number of carbonyl (C=O) groups excluding carboxylic acids is 3. The lowest BCUT2D eigenvalue weighted by molar-refractivity contribution is -0.134. The van der Waals surface area contributed by atoms with Crippen molar-refractivity contribution in [3.63, 3.8) is 0 Å². The standard InChI is InChI=1S/C24H31FN4O3/c1-4-7-21(30)28-14-10-19(11-15-28)24(17-18-8-5-9-20(25)16-18)22(31)29(23(32)26-24)13-6-12-27(2)3/h5,8-9,16,19H,6,10-15,17H2,1-3H3,(H,26,32). The number of amides is 4. The normalized spacial score (nSPS) is 21.5. The number of imide groups is 1. The third-order valence-electron chi connectivity index (χ3n) is 6.27. The van der Waals surface area contributed by atoms with Crippen LogP contribution >= 0.6 is 0 Å². The highest BCUT2D eigenvalue weighted by molar-refractivity contribution is 6.07. The number of piperidine rings is 1. The first-order valence-electron chi connectivity index (χ1n) is 11.0. The van der Waals surface area contributed by atoms with Crippen LogP contribution in [0.3, 0.4) is 0 Å². The molecule has 2 aliphatic heterocycles. The van der Waals surface area contributed by atoms with Crippen molar-refractivity contribution in [3.8, 4) is 11.8 Å². The van der Waals surface area contributed by atoms with Crippen LogP contribution in [0.1, 0.15) is 31.7 Å². The molecule has 32 heavy (non-hydrogen) atoms. The second kappa shape index (κ2) is 10.1. The lowest BCUT2D eigenvalue weighted by atomic mass is 9.74. The number of halogens is 1. The minimum Gasteiger partial charge on any atom is -0.332 e. The van der Waals surface area contributed by atoms with E-state index in [0.717, 1.165) is 6.54 Å². The van der Waals surface area contributed by atoms with Gasteiger partial charge in [0, 0.05) is 26.1 Å². The van der Waals surface area contributed by atoms with E-state index in [0.29, 0.717) is 44.5 Å². The summed E-state index contributed by atoms with van der Waals surface area (Å²) in [4.78, 5) is 43.6. The molecule has 172 valence electrons. The molecule has 8 heteroatoms. The Morgan fingerprint density at radius 1 is 1.28 bits per heavy atom. The summed E-state index contributed by atoms with van der Waals surface area (Å²) in [5, 5.41) is 2.98. The van der Waals surface area contributed by atoms with Gasteiger partial charge in [-0.05, 0) is 76.4 Å². The van der Waals surface area contributed by atoms with Gasteiger partial charge in [0.05, 0.1) is 0 Å². The molecule has 2 aliphatic rings. The SMILES string of the molecule is CC#CC(=O)N1CCC(C2(Cc3cccc(F)c3)NC(=O)N(CCCN(C)C)C2=O)CC1. The summed E-state index contributed by atoms with van der Waals surface area (Å²) in [6.07, 6.45) is 2.01. The molecule has 2 saturated heterocycles. The van der Waals surface area contributed by atoms with Crippen LogP contribution in [0.5, 0.6) is 0 Å². The summed E-state index contributed by atoms with van der Waals surface area (Å²) in [5.41, 5.74) is -0.488. The smallest absolute Gasteiger partial charge is 0.325 e. The van der Waals surface area contributed by atoms with Gasteiger partial charge in [0.15, 0.2) is 0 Å². The molecule has 0 bridgehead atoms. The average Bonchev–Trinajstić information content (AvgIpc) is 2.98.